The lowest BCUT2D eigenvalue weighted by Crippen LogP contribution is -2.46. The number of benzene rings is 1. The Bertz CT molecular complexity index is 638. The number of nitrogens with one attached hydrogen (secondary N) is 1. The molecule has 0 radical (unpaired) electrons. The molecule has 1 saturated heterocycles. The van der Waals surface area contributed by atoms with Crippen molar-refractivity contribution in [1.82, 2.24) is 10.2 Å². The van der Waals surface area contributed by atoms with Gasteiger partial charge in [0.05, 0.1) is 0 Å². The van der Waals surface area contributed by atoms with E-state index in [2.05, 4.69) is 5.32 Å². The third-order valence-corrected chi connectivity index (χ3v) is 4.04. The van der Waals surface area contributed by atoms with Crippen LogP contribution >= 0.6 is 11.6 Å². The molecule has 1 aromatic heterocycles. The molecule has 0 spiro atoms. The molecule has 5 heteroatoms. The molecule has 4 nitrogen and oxygen atoms in total. The van der Waals surface area contributed by atoms with Crippen LogP contribution in [0.25, 0.3) is 11.0 Å². The number of hydrogen-bond acceptors (Lipinski definition) is 3. The lowest BCUT2D eigenvalue weighted by Gasteiger charge is -2.31. The molecule has 0 saturated carbocycles. The molecule has 1 amide bonds. The topological polar surface area (TPSA) is 45.5 Å². The number of likely N-dealkylation sites (N-methyl/N-ethyl adjacent to an activating group) is 1. The average molecular weight is 293 g/mol. The van der Waals surface area contributed by atoms with Gasteiger partial charge in [0.1, 0.15) is 5.58 Å². The SMILES string of the molecule is CNC1CCCN(C(=O)c2cc3cc(Cl)ccc3o2)C1. The van der Waals surface area contributed by atoms with Crippen LogP contribution in [0.1, 0.15) is 23.4 Å². The lowest BCUT2D eigenvalue weighted by molar-refractivity contribution is 0.0668. The summed E-state index contributed by atoms with van der Waals surface area (Å²) < 4.78 is 5.64. The minimum Gasteiger partial charge on any atom is -0.451 e. The van der Waals surface area contributed by atoms with E-state index in [0.29, 0.717) is 22.4 Å². The molecule has 1 aliphatic rings. The third-order valence-electron chi connectivity index (χ3n) is 3.81. The number of halogens is 1. The number of fused-ring (bicyclic) bond motifs is 1. The Hall–Kier alpha value is -1.52. The van der Waals surface area contributed by atoms with Gasteiger partial charge in [0.15, 0.2) is 5.76 Å². The molecule has 2 aromatic rings. The molecule has 1 N–H and O–H groups in total. The number of piperidine rings is 1. The van der Waals surface area contributed by atoms with E-state index in [-0.39, 0.29) is 5.91 Å². The normalized spacial score (nSPS) is 19.5. The fourth-order valence-electron chi connectivity index (χ4n) is 2.67. The van der Waals surface area contributed by atoms with Gasteiger partial charge in [-0.1, -0.05) is 11.6 Å². The van der Waals surface area contributed by atoms with E-state index in [9.17, 15) is 4.79 Å². The maximum absolute atomic E-state index is 12.5. The Morgan fingerprint density at radius 3 is 3.10 bits per heavy atom. The highest BCUT2D eigenvalue weighted by Gasteiger charge is 2.25. The van der Waals surface area contributed by atoms with Crippen LogP contribution in [0.15, 0.2) is 28.7 Å². The van der Waals surface area contributed by atoms with Gasteiger partial charge in [0, 0.05) is 29.5 Å². The first kappa shape index (κ1) is 13.5. The summed E-state index contributed by atoms with van der Waals surface area (Å²) in [4.78, 5) is 14.3. The van der Waals surface area contributed by atoms with Crippen molar-refractivity contribution in [2.45, 2.75) is 18.9 Å². The highest BCUT2D eigenvalue weighted by molar-refractivity contribution is 6.31. The largest absolute Gasteiger partial charge is 0.451 e. The number of rotatable bonds is 2. The molecule has 1 aromatic carbocycles. The fourth-order valence-corrected chi connectivity index (χ4v) is 2.85. The predicted octanol–water partition coefficient (Wildman–Crippen LogP) is 2.91. The van der Waals surface area contributed by atoms with Crippen molar-refractivity contribution in [2.24, 2.45) is 0 Å². The van der Waals surface area contributed by atoms with Crippen molar-refractivity contribution in [1.29, 1.82) is 0 Å². The van der Waals surface area contributed by atoms with Gasteiger partial charge in [-0.15, -0.1) is 0 Å². The highest BCUT2D eigenvalue weighted by Crippen LogP contribution is 2.24. The molecule has 106 valence electrons. The standard InChI is InChI=1S/C15H17ClN2O2/c1-17-12-3-2-6-18(9-12)15(19)14-8-10-7-11(16)4-5-13(10)20-14/h4-5,7-8,12,17H,2-3,6,9H2,1H3. The third kappa shape index (κ3) is 2.53. The minimum absolute atomic E-state index is 0.0442. The Kier molecular flexibility index (Phi) is 3.68. The van der Waals surface area contributed by atoms with Crippen LogP contribution in [0.3, 0.4) is 0 Å². The average Bonchev–Trinajstić information content (AvgIpc) is 2.89. The second kappa shape index (κ2) is 5.46. The van der Waals surface area contributed by atoms with Crippen LogP contribution in [-0.2, 0) is 0 Å². The van der Waals surface area contributed by atoms with E-state index < -0.39 is 0 Å². The zero-order valence-corrected chi connectivity index (χ0v) is 12.1. The van der Waals surface area contributed by atoms with E-state index in [1.54, 1.807) is 18.2 Å². The van der Waals surface area contributed by atoms with Gasteiger partial charge in [-0.2, -0.15) is 0 Å². The van der Waals surface area contributed by atoms with Crippen molar-refractivity contribution in [3.05, 3.63) is 35.0 Å². The summed E-state index contributed by atoms with van der Waals surface area (Å²) in [6.07, 6.45) is 2.12. The van der Waals surface area contributed by atoms with Crippen molar-refractivity contribution in [3.63, 3.8) is 0 Å². The maximum atomic E-state index is 12.5. The van der Waals surface area contributed by atoms with Crippen LogP contribution in [0.4, 0.5) is 0 Å². The number of furan rings is 1. The molecule has 1 fully saturated rings. The summed E-state index contributed by atoms with van der Waals surface area (Å²) in [5.74, 6) is 0.344. The van der Waals surface area contributed by atoms with Crippen molar-refractivity contribution < 1.29 is 9.21 Å². The Morgan fingerprint density at radius 2 is 2.30 bits per heavy atom. The molecule has 20 heavy (non-hydrogen) atoms. The van der Waals surface area contributed by atoms with E-state index in [4.69, 9.17) is 16.0 Å². The van der Waals surface area contributed by atoms with Gasteiger partial charge in [-0.05, 0) is 44.2 Å². The molecular weight excluding hydrogens is 276 g/mol. The zero-order valence-electron chi connectivity index (χ0n) is 11.4. The summed E-state index contributed by atoms with van der Waals surface area (Å²) in [7, 11) is 1.93. The highest BCUT2D eigenvalue weighted by atomic mass is 35.5. The van der Waals surface area contributed by atoms with Crippen molar-refractivity contribution in [3.8, 4) is 0 Å². The number of carbonyl (C=O) groups excluding carboxylic acids is 1. The summed E-state index contributed by atoms with van der Waals surface area (Å²) in [5, 5.41) is 4.74. The summed E-state index contributed by atoms with van der Waals surface area (Å²) in [5.41, 5.74) is 0.694. The molecule has 2 heterocycles. The Balaban J connectivity index is 1.84. The molecule has 0 bridgehead atoms. The van der Waals surface area contributed by atoms with Crippen molar-refractivity contribution in [2.75, 3.05) is 20.1 Å². The summed E-state index contributed by atoms with van der Waals surface area (Å²) in [6.45, 7) is 1.52. The first-order chi connectivity index (χ1) is 9.67. The van der Waals surface area contributed by atoms with E-state index in [1.165, 1.54) is 0 Å². The smallest absolute Gasteiger partial charge is 0.289 e. The second-order valence-electron chi connectivity index (χ2n) is 5.17. The predicted molar refractivity (Wildman–Crippen MR) is 79.2 cm³/mol. The van der Waals surface area contributed by atoms with E-state index in [1.807, 2.05) is 18.0 Å². The number of amides is 1. The molecular formula is C15H17ClN2O2. The van der Waals surface area contributed by atoms with Crippen LogP contribution in [0.5, 0.6) is 0 Å². The van der Waals surface area contributed by atoms with Crippen LogP contribution in [0, 0.1) is 0 Å². The number of hydrogen-bond donors (Lipinski definition) is 1. The van der Waals surface area contributed by atoms with Crippen molar-refractivity contribution >= 4 is 28.5 Å². The zero-order chi connectivity index (χ0) is 14.1. The van der Waals surface area contributed by atoms with Gasteiger partial charge < -0.3 is 14.6 Å². The molecule has 3 rings (SSSR count). The summed E-state index contributed by atoms with van der Waals surface area (Å²) in [6, 6.07) is 7.50. The molecule has 0 aliphatic carbocycles. The fraction of sp³-hybridized carbons (Fsp3) is 0.400. The maximum Gasteiger partial charge on any atom is 0.289 e. The van der Waals surface area contributed by atoms with Crippen LogP contribution < -0.4 is 5.32 Å². The Labute approximate surface area is 122 Å². The molecule has 1 unspecified atom stereocenters. The van der Waals surface area contributed by atoms with Gasteiger partial charge in [0.25, 0.3) is 5.91 Å². The first-order valence-electron chi connectivity index (χ1n) is 6.83. The van der Waals surface area contributed by atoms with Gasteiger partial charge in [-0.3, -0.25) is 4.79 Å². The quantitative estimate of drug-likeness (QED) is 0.926. The number of carbonyl (C=O) groups is 1. The monoisotopic (exact) mass is 292 g/mol. The molecule has 1 atom stereocenters. The van der Waals surface area contributed by atoms with Crippen LogP contribution in [0.2, 0.25) is 5.02 Å². The lowest BCUT2D eigenvalue weighted by atomic mass is 10.1. The van der Waals surface area contributed by atoms with Gasteiger partial charge >= 0.3 is 0 Å². The summed E-state index contributed by atoms with van der Waals surface area (Å²) >= 11 is 5.95. The number of nitrogens with zero attached hydrogens (tertiary/aromatic N) is 1. The van der Waals surface area contributed by atoms with Crippen LogP contribution in [-0.4, -0.2) is 37.0 Å². The van der Waals surface area contributed by atoms with E-state index >= 15 is 0 Å². The number of likely N-dealkylation sites (tertiary alicyclic amines) is 1. The van der Waals surface area contributed by atoms with E-state index in [0.717, 1.165) is 31.3 Å². The minimum atomic E-state index is -0.0442. The molecule has 1 aliphatic heterocycles. The van der Waals surface area contributed by atoms with Gasteiger partial charge in [0.2, 0.25) is 0 Å². The Morgan fingerprint density at radius 1 is 1.45 bits per heavy atom. The first-order valence-corrected chi connectivity index (χ1v) is 7.21. The van der Waals surface area contributed by atoms with Gasteiger partial charge in [-0.25, -0.2) is 0 Å². The second-order valence-corrected chi connectivity index (χ2v) is 5.61.